The van der Waals surface area contributed by atoms with Crippen LogP contribution in [0.3, 0.4) is 0 Å². The van der Waals surface area contributed by atoms with Gasteiger partial charge in [-0.1, -0.05) is 25.1 Å². The molecule has 0 aromatic rings. The van der Waals surface area contributed by atoms with Crippen molar-refractivity contribution in [1.29, 1.82) is 0 Å². The van der Waals surface area contributed by atoms with Crippen molar-refractivity contribution in [1.82, 2.24) is 10.2 Å². The van der Waals surface area contributed by atoms with E-state index in [2.05, 4.69) is 5.32 Å². The first-order valence-electron chi connectivity index (χ1n) is 5.46. The Morgan fingerprint density at radius 2 is 1.87 bits per heavy atom. The van der Waals surface area contributed by atoms with Gasteiger partial charge in [-0.05, 0) is 19.8 Å². The lowest BCUT2D eigenvalue weighted by atomic mass is 10.2. The maximum Gasteiger partial charge on any atom is 0.317 e. The molecule has 1 heterocycles. The van der Waals surface area contributed by atoms with Crippen LogP contribution in [-0.2, 0) is 0 Å². The van der Waals surface area contributed by atoms with E-state index in [1.165, 1.54) is 12.8 Å². The molecular formula is C10H19N3OS. The molecule has 1 saturated heterocycles. The van der Waals surface area contributed by atoms with E-state index in [9.17, 15) is 4.79 Å². The Hall–Kier alpha value is -0.840. The van der Waals surface area contributed by atoms with Crippen LogP contribution >= 0.6 is 12.2 Å². The molecule has 1 aliphatic rings. The predicted octanol–water partition coefficient (Wildman–Crippen LogP) is 1.25. The zero-order valence-electron chi connectivity index (χ0n) is 9.16. The topological polar surface area (TPSA) is 58.4 Å². The average molecular weight is 229 g/mol. The number of amides is 2. The molecule has 1 atom stereocenters. The minimum atomic E-state index is -0.226. The highest BCUT2D eigenvalue weighted by Crippen LogP contribution is 2.09. The normalized spacial score (nSPS) is 19.1. The Morgan fingerprint density at radius 1 is 1.33 bits per heavy atom. The summed E-state index contributed by atoms with van der Waals surface area (Å²) in [6, 6.07) is -0.270. The highest BCUT2D eigenvalue weighted by atomic mass is 32.1. The molecule has 1 rings (SSSR count). The molecule has 3 N–H and O–H groups in total. The zero-order chi connectivity index (χ0) is 11.3. The first-order valence-corrected chi connectivity index (χ1v) is 5.87. The SMILES string of the molecule is CC(NC(=O)N1CCCCCC1)C(N)=S. The zero-order valence-corrected chi connectivity index (χ0v) is 9.98. The maximum absolute atomic E-state index is 11.8. The van der Waals surface area contributed by atoms with E-state index >= 15 is 0 Å². The summed E-state index contributed by atoms with van der Waals surface area (Å²) in [6.45, 7) is 3.49. The van der Waals surface area contributed by atoms with Gasteiger partial charge in [-0.15, -0.1) is 0 Å². The minimum absolute atomic E-state index is 0.0443. The third-order valence-electron chi connectivity index (χ3n) is 2.66. The van der Waals surface area contributed by atoms with Gasteiger partial charge in [0, 0.05) is 13.1 Å². The number of carbonyl (C=O) groups is 1. The van der Waals surface area contributed by atoms with E-state index in [0.29, 0.717) is 4.99 Å². The molecular weight excluding hydrogens is 210 g/mol. The molecule has 2 amide bonds. The monoisotopic (exact) mass is 229 g/mol. The van der Waals surface area contributed by atoms with E-state index in [0.717, 1.165) is 25.9 Å². The number of likely N-dealkylation sites (tertiary alicyclic amines) is 1. The quantitative estimate of drug-likeness (QED) is 0.701. The van der Waals surface area contributed by atoms with E-state index in [1.807, 2.05) is 4.90 Å². The number of carbonyl (C=O) groups excluding carboxylic acids is 1. The van der Waals surface area contributed by atoms with Gasteiger partial charge in [0.05, 0.1) is 11.0 Å². The molecule has 1 aliphatic heterocycles. The van der Waals surface area contributed by atoms with Crippen LogP contribution in [0.1, 0.15) is 32.6 Å². The second kappa shape index (κ2) is 5.90. The summed E-state index contributed by atoms with van der Waals surface area (Å²) in [5.41, 5.74) is 5.44. The molecule has 1 fully saturated rings. The molecule has 5 heteroatoms. The van der Waals surface area contributed by atoms with Gasteiger partial charge >= 0.3 is 6.03 Å². The standard InChI is InChI=1S/C10H19N3OS/c1-8(9(11)15)12-10(14)13-6-4-2-3-5-7-13/h8H,2-7H2,1H3,(H2,11,15)(H,12,14). The minimum Gasteiger partial charge on any atom is -0.392 e. The number of hydrogen-bond donors (Lipinski definition) is 2. The van der Waals surface area contributed by atoms with Crippen LogP contribution in [0.5, 0.6) is 0 Å². The van der Waals surface area contributed by atoms with E-state index < -0.39 is 0 Å². The predicted molar refractivity (Wildman–Crippen MR) is 64.8 cm³/mol. The lowest BCUT2D eigenvalue weighted by molar-refractivity contribution is 0.199. The summed E-state index contributed by atoms with van der Waals surface area (Å²) < 4.78 is 0. The molecule has 4 nitrogen and oxygen atoms in total. The van der Waals surface area contributed by atoms with Crippen molar-refractivity contribution in [2.45, 2.75) is 38.6 Å². The van der Waals surface area contributed by atoms with Crippen LogP contribution in [-0.4, -0.2) is 35.1 Å². The van der Waals surface area contributed by atoms with Crippen LogP contribution in [0.2, 0.25) is 0 Å². The van der Waals surface area contributed by atoms with E-state index in [1.54, 1.807) is 6.92 Å². The van der Waals surface area contributed by atoms with Crippen molar-refractivity contribution in [2.75, 3.05) is 13.1 Å². The van der Waals surface area contributed by atoms with Gasteiger partial charge in [-0.25, -0.2) is 4.79 Å². The number of nitrogens with zero attached hydrogens (tertiary/aromatic N) is 1. The van der Waals surface area contributed by atoms with Gasteiger partial charge in [0.1, 0.15) is 0 Å². The lowest BCUT2D eigenvalue weighted by Crippen LogP contribution is -2.48. The molecule has 1 unspecified atom stereocenters. The molecule has 0 bridgehead atoms. The van der Waals surface area contributed by atoms with Crippen LogP contribution in [0.15, 0.2) is 0 Å². The fraction of sp³-hybridized carbons (Fsp3) is 0.800. The van der Waals surface area contributed by atoms with Gasteiger partial charge in [0.25, 0.3) is 0 Å². The molecule has 0 aliphatic carbocycles. The van der Waals surface area contributed by atoms with E-state index in [4.69, 9.17) is 18.0 Å². The maximum atomic E-state index is 11.8. The summed E-state index contributed by atoms with van der Waals surface area (Å²) in [7, 11) is 0. The summed E-state index contributed by atoms with van der Waals surface area (Å²) in [5.74, 6) is 0. The number of hydrogen-bond acceptors (Lipinski definition) is 2. The summed E-state index contributed by atoms with van der Waals surface area (Å²) in [6.07, 6.45) is 4.62. The molecule has 0 saturated carbocycles. The number of rotatable bonds is 2. The highest BCUT2D eigenvalue weighted by molar-refractivity contribution is 7.80. The summed E-state index contributed by atoms with van der Waals surface area (Å²) >= 11 is 4.81. The molecule has 86 valence electrons. The summed E-state index contributed by atoms with van der Waals surface area (Å²) in [5, 5.41) is 2.80. The number of urea groups is 1. The smallest absolute Gasteiger partial charge is 0.317 e. The van der Waals surface area contributed by atoms with Gasteiger partial charge in [0.2, 0.25) is 0 Å². The Bertz CT molecular complexity index is 237. The van der Waals surface area contributed by atoms with Crippen LogP contribution in [0, 0.1) is 0 Å². The van der Waals surface area contributed by atoms with Crippen molar-refractivity contribution in [3.63, 3.8) is 0 Å². The Morgan fingerprint density at radius 3 is 2.33 bits per heavy atom. The molecule has 0 spiro atoms. The van der Waals surface area contributed by atoms with Gasteiger partial charge < -0.3 is 16.0 Å². The first kappa shape index (κ1) is 12.2. The fourth-order valence-electron chi connectivity index (χ4n) is 1.62. The van der Waals surface area contributed by atoms with Crippen molar-refractivity contribution in [2.24, 2.45) is 5.73 Å². The van der Waals surface area contributed by atoms with Crippen LogP contribution in [0.4, 0.5) is 4.79 Å². The Labute approximate surface area is 96.2 Å². The average Bonchev–Trinajstić information content (AvgIpc) is 2.45. The van der Waals surface area contributed by atoms with E-state index in [-0.39, 0.29) is 12.1 Å². The first-order chi connectivity index (χ1) is 7.11. The van der Waals surface area contributed by atoms with Gasteiger partial charge in [-0.3, -0.25) is 0 Å². The van der Waals surface area contributed by atoms with Crippen LogP contribution < -0.4 is 11.1 Å². The molecule has 0 radical (unpaired) electrons. The van der Waals surface area contributed by atoms with Gasteiger partial charge in [0.15, 0.2) is 0 Å². The summed E-state index contributed by atoms with van der Waals surface area (Å²) in [4.78, 5) is 13.9. The van der Waals surface area contributed by atoms with Gasteiger partial charge in [-0.2, -0.15) is 0 Å². The van der Waals surface area contributed by atoms with Crippen molar-refractivity contribution < 1.29 is 4.79 Å². The fourth-order valence-corrected chi connectivity index (χ4v) is 1.68. The van der Waals surface area contributed by atoms with Crippen LogP contribution in [0.25, 0.3) is 0 Å². The largest absolute Gasteiger partial charge is 0.392 e. The molecule has 15 heavy (non-hydrogen) atoms. The second-order valence-electron chi connectivity index (χ2n) is 3.97. The Kier molecular flexibility index (Phi) is 4.81. The van der Waals surface area contributed by atoms with Crippen molar-refractivity contribution in [3.05, 3.63) is 0 Å². The Balaban J connectivity index is 2.41. The highest BCUT2D eigenvalue weighted by Gasteiger charge is 2.17. The molecule has 0 aromatic heterocycles. The third-order valence-corrected chi connectivity index (χ3v) is 3.01. The lowest BCUT2D eigenvalue weighted by Gasteiger charge is -2.23. The number of nitrogens with one attached hydrogen (secondary N) is 1. The molecule has 0 aromatic carbocycles. The van der Waals surface area contributed by atoms with Crippen molar-refractivity contribution >= 4 is 23.2 Å². The second-order valence-corrected chi connectivity index (χ2v) is 4.45. The number of thiocarbonyl (C=S) groups is 1. The van der Waals surface area contributed by atoms with Crippen molar-refractivity contribution in [3.8, 4) is 0 Å². The number of nitrogens with two attached hydrogens (primary N) is 1. The third kappa shape index (κ3) is 4.03.